The van der Waals surface area contributed by atoms with Gasteiger partial charge in [-0.15, -0.1) is 0 Å². The summed E-state index contributed by atoms with van der Waals surface area (Å²) < 4.78 is 31.4. The lowest BCUT2D eigenvalue weighted by atomic mass is 9.67. The Morgan fingerprint density at radius 1 is 1.35 bits per heavy atom. The minimum Gasteiger partial charge on any atom is -0.280 e. The summed E-state index contributed by atoms with van der Waals surface area (Å²) in [4.78, 5) is 0. The molecule has 6 heteroatoms. The number of hydrogen-bond donors (Lipinski definition) is 0. The number of aromatic nitrogens is 2. The maximum Gasteiger partial charge on any atom is 0.125 e. The molecule has 0 amide bonds. The van der Waals surface area contributed by atoms with Gasteiger partial charge in [-0.1, -0.05) is 19.4 Å². The Labute approximate surface area is 117 Å². The first-order valence-corrected chi connectivity index (χ1v) is 6.15. The Morgan fingerprint density at radius 2 is 2.00 bits per heavy atom. The van der Waals surface area contributed by atoms with Gasteiger partial charge in [0.15, 0.2) is 0 Å². The summed E-state index contributed by atoms with van der Waals surface area (Å²) in [5, 5.41) is 8.68. The number of benzene rings is 1. The van der Waals surface area contributed by atoms with Crippen LogP contribution in [0.15, 0.2) is 36.7 Å². The lowest BCUT2D eigenvalue weighted by Crippen LogP contribution is -2.55. The van der Waals surface area contributed by atoms with E-state index in [4.69, 9.17) is 5.26 Å². The highest BCUT2D eigenvalue weighted by molar-refractivity contribution is 6.53. The van der Waals surface area contributed by atoms with Crippen molar-refractivity contribution >= 4 is 13.0 Å². The molecule has 20 heavy (non-hydrogen) atoms. The molecule has 0 bridgehead atoms. The van der Waals surface area contributed by atoms with E-state index in [1.165, 1.54) is 0 Å². The van der Waals surface area contributed by atoms with Gasteiger partial charge < -0.3 is 0 Å². The van der Waals surface area contributed by atoms with E-state index in [2.05, 4.69) is 0 Å². The number of nitriles is 1. The zero-order chi connectivity index (χ0) is 14.8. The minimum atomic E-state index is -2.95. The van der Waals surface area contributed by atoms with Crippen LogP contribution in [0, 0.1) is 11.3 Å². The minimum absolute atomic E-state index is 0.385. The Bertz CT molecular complexity index is 622. The van der Waals surface area contributed by atoms with Crippen molar-refractivity contribution in [1.82, 2.24) is 4.57 Å². The van der Waals surface area contributed by atoms with Gasteiger partial charge in [0, 0.05) is 5.72 Å². The van der Waals surface area contributed by atoms with Crippen molar-refractivity contribution in [3.05, 3.63) is 47.8 Å². The van der Waals surface area contributed by atoms with Gasteiger partial charge in [-0.3, -0.25) is 17.9 Å². The summed E-state index contributed by atoms with van der Waals surface area (Å²) >= 11 is 0. The van der Waals surface area contributed by atoms with Gasteiger partial charge in [-0.2, -0.15) is 5.26 Å². The second-order valence-electron chi connectivity index (χ2n) is 4.77. The standard InChI is InChI=1S/C14H14BF2N3/c1-19-7-8-20(2)13(19)15-14(16,17)9-11-3-5-12(10-18)6-4-11/h3-8H,9H2,1-2H3. The number of alkyl halides is 2. The average Bonchev–Trinajstić information content (AvgIpc) is 2.70. The molecule has 0 unspecified atom stereocenters. The van der Waals surface area contributed by atoms with Crippen LogP contribution in [0.3, 0.4) is 0 Å². The number of halogens is 2. The van der Waals surface area contributed by atoms with Crippen LogP contribution < -0.4 is 10.3 Å². The lowest BCUT2D eigenvalue weighted by Gasteiger charge is -2.27. The van der Waals surface area contributed by atoms with Crippen LogP contribution in [0.4, 0.5) is 8.78 Å². The maximum atomic E-state index is 14.1. The van der Waals surface area contributed by atoms with Crippen LogP contribution in [0.1, 0.15) is 11.1 Å². The lowest BCUT2D eigenvalue weighted by molar-refractivity contribution is -0.653. The molecule has 1 aromatic heterocycles. The Kier molecular flexibility index (Phi) is 3.89. The van der Waals surface area contributed by atoms with E-state index in [-0.39, 0.29) is 6.42 Å². The fourth-order valence-electron chi connectivity index (χ4n) is 2.01. The number of rotatable bonds is 4. The van der Waals surface area contributed by atoms with Crippen molar-refractivity contribution in [2.75, 3.05) is 0 Å². The number of aryl methyl sites for hydroxylation is 2. The highest BCUT2D eigenvalue weighted by atomic mass is 19.3. The Hall–Kier alpha value is -2.16. The van der Waals surface area contributed by atoms with E-state index in [1.54, 1.807) is 59.9 Å². The van der Waals surface area contributed by atoms with E-state index < -0.39 is 5.82 Å². The maximum absolute atomic E-state index is 14.1. The molecule has 2 aromatic rings. The van der Waals surface area contributed by atoms with Crippen LogP contribution in [-0.2, 0) is 20.5 Å². The molecule has 0 aliphatic rings. The average molecular weight is 273 g/mol. The third kappa shape index (κ3) is 3.24. The normalized spacial score (nSPS) is 11.3. The van der Waals surface area contributed by atoms with Crippen LogP contribution in [0.2, 0.25) is 0 Å². The molecule has 0 saturated heterocycles. The molecule has 0 atom stereocenters. The molecule has 0 N–H and O–H groups in total. The van der Waals surface area contributed by atoms with Gasteiger partial charge in [0.1, 0.15) is 12.4 Å². The van der Waals surface area contributed by atoms with Gasteiger partial charge in [0.05, 0.1) is 31.5 Å². The second-order valence-corrected chi connectivity index (χ2v) is 4.77. The molecule has 2 radical (unpaired) electrons. The molecule has 2 rings (SSSR count). The summed E-state index contributed by atoms with van der Waals surface area (Å²) in [6.45, 7) is 0. The summed E-state index contributed by atoms with van der Waals surface area (Å²) in [6, 6.07) is 8.19. The van der Waals surface area contributed by atoms with E-state index in [0.717, 1.165) is 7.28 Å². The van der Waals surface area contributed by atoms with Gasteiger partial charge in [0.25, 0.3) is 0 Å². The molecular formula is C14H14BF2N3. The summed E-state index contributed by atoms with van der Waals surface area (Å²) in [5.74, 6) is -2.95. The van der Waals surface area contributed by atoms with Gasteiger partial charge >= 0.3 is 0 Å². The second kappa shape index (κ2) is 5.45. The van der Waals surface area contributed by atoms with Crippen molar-refractivity contribution in [3.63, 3.8) is 0 Å². The Balaban J connectivity index is 2.12. The van der Waals surface area contributed by atoms with Crippen molar-refractivity contribution in [2.24, 2.45) is 14.1 Å². The third-order valence-corrected chi connectivity index (χ3v) is 3.10. The van der Waals surface area contributed by atoms with E-state index in [1.807, 2.05) is 6.07 Å². The highest BCUT2D eigenvalue weighted by Crippen LogP contribution is 2.18. The van der Waals surface area contributed by atoms with Crippen LogP contribution in [0.25, 0.3) is 0 Å². The molecule has 0 fully saturated rings. The number of nitrogens with zero attached hydrogens (tertiary/aromatic N) is 3. The van der Waals surface area contributed by atoms with Crippen LogP contribution in [-0.4, -0.2) is 17.7 Å². The molecule has 3 nitrogen and oxygen atoms in total. The van der Waals surface area contributed by atoms with E-state index >= 15 is 0 Å². The summed E-state index contributed by atoms with van der Waals surface area (Å²) in [6.07, 6.45) is 3.07. The van der Waals surface area contributed by atoms with Gasteiger partial charge in [0.2, 0.25) is 0 Å². The molecular weight excluding hydrogens is 259 g/mol. The topological polar surface area (TPSA) is 32.6 Å². The highest BCUT2D eigenvalue weighted by Gasteiger charge is 2.21. The molecule has 0 spiro atoms. The number of hydrogen-bond acceptors (Lipinski definition) is 1. The van der Waals surface area contributed by atoms with Crippen molar-refractivity contribution in [2.45, 2.75) is 12.2 Å². The first kappa shape index (κ1) is 14.3. The molecule has 0 saturated carbocycles. The van der Waals surface area contributed by atoms with Gasteiger partial charge in [-0.25, -0.2) is 0 Å². The van der Waals surface area contributed by atoms with Crippen molar-refractivity contribution in [3.8, 4) is 6.07 Å². The first-order chi connectivity index (χ1) is 9.41. The van der Waals surface area contributed by atoms with Crippen molar-refractivity contribution in [1.29, 1.82) is 5.26 Å². The van der Waals surface area contributed by atoms with Crippen LogP contribution >= 0.6 is 0 Å². The summed E-state index contributed by atoms with van der Waals surface area (Å²) in [5.41, 5.74) is 1.42. The first-order valence-electron chi connectivity index (χ1n) is 6.15. The largest absolute Gasteiger partial charge is 0.280 e. The monoisotopic (exact) mass is 273 g/mol. The zero-order valence-electron chi connectivity index (χ0n) is 11.3. The summed E-state index contributed by atoms with van der Waals surface area (Å²) in [7, 11) is 4.42. The zero-order valence-corrected chi connectivity index (χ0v) is 11.3. The fraction of sp³-hybridized carbons (Fsp3) is 0.286. The predicted octanol–water partition coefficient (Wildman–Crippen LogP) is 0.886. The predicted molar refractivity (Wildman–Crippen MR) is 71.8 cm³/mol. The molecule has 1 aromatic carbocycles. The van der Waals surface area contributed by atoms with E-state index in [9.17, 15) is 8.78 Å². The van der Waals surface area contributed by atoms with E-state index in [0.29, 0.717) is 16.9 Å². The van der Waals surface area contributed by atoms with Crippen LogP contribution in [0.5, 0.6) is 0 Å². The third-order valence-electron chi connectivity index (χ3n) is 3.10. The molecule has 102 valence electrons. The Morgan fingerprint density at radius 3 is 2.50 bits per heavy atom. The molecule has 0 aliphatic heterocycles. The molecule has 0 aliphatic carbocycles. The smallest absolute Gasteiger partial charge is 0.125 e. The van der Waals surface area contributed by atoms with Gasteiger partial charge in [-0.05, 0) is 24.1 Å². The quantitative estimate of drug-likeness (QED) is 0.601. The number of imidazole rings is 1. The molecule has 1 heterocycles. The fourth-order valence-corrected chi connectivity index (χ4v) is 2.01. The SMILES string of the molecule is Cn1cc[n+](C)c1[B-]C(F)(F)Cc1ccc(C#N)cc1. The van der Waals surface area contributed by atoms with Crippen molar-refractivity contribution < 1.29 is 13.3 Å².